The number of phosphoric acid groups is 2. The third-order valence-corrected chi connectivity index (χ3v) is 22.2. The van der Waals surface area contributed by atoms with Gasteiger partial charge in [0.05, 0.1) is 26.4 Å². The Morgan fingerprint density at radius 1 is 0.279 bits per heavy atom. The quantitative estimate of drug-likeness (QED) is 0.0222. The first-order chi connectivity index (χ1) is 50.4. The van der Waals surface area contributed by atoms with E-state index in [4.69, 9.17) is 37.0 Å². The number of esters is 4. The van der Waals surface area contributed by atoms with Crippen molar-refractivity contribution in [2.75, 3.05) is 39.6 Å². The molecule has 0 saturated carbocycles. The number of phosphoric ester groups is 2. The molecule has 104 heavy (non-hydrogen) atoms. The van der Waals surface area contributed by atoms with Gasteiger partial charge in [-0.2, -0.15) is 0 Å². The Hall–Kier alpha value is -1.94. The lowest BCUT2D eigenvalue weighted by Crippen LogP contribution is -2.30. The van der Waals surface area contributed by atoms with E-state index in [2.05, 4.69) is 41.5 Å². The fraction of sp³-hybridized carbons (Fsp3) is 0.953. The predicted octanol–water partition coefficient (Wildman–Crippen LogP) is 25.8. The Morgan fingerprint density at radius 3 is 0.731 bits per heavy atom. The van der Waals surface area contributed by atoms with Crippen molar-refractivity contribution in [3.05, 3.63) is 0 Å². The summed E-state index contributed by atoms with van der Waals surface area (Å²) in [4.78, 5) is 73.0. The van der Waals surface area contributed by atoms with E-state index >= 15 is 0 Å². The van der Waals surface area contributed by atoms with Crippen LogP contribution >= 0.6 is 15.6 Å². The molecule has 19 heteroatoms. The summed E-state index contributed by atoms with van der Waals surface area (Å²) in [7, 11) is -9.92. The molecule has 17 nitrogen and oxygen atoms in total. The van der Waals surface area contributed by atoms with Crippen LogP contribution in [0.4, 0.5) is 0 Å². The van der Waals surface area contributed by atoms with E-state index in [9.17, 15) is 43.2 Å². The van der Waals surface area contributed by atoms with Crippen molar-refractivity contribution in [2.45, 2.75) is 471 Å². The van der Waals surface area contributed by atoms with E-state index in [0.717, 1.165) is 102 Å². The second-order valence-corrected chi connectivity index (χ2v) is 34.2. The normalized spacial score (nSPS) is 14.1. The Balaban J connectivity index is 5.16. The number of carbonyl (C=O) groups excluding carboxylic acids is 4. The summed E-state index contributed by atoms with van der Waals surface area (Å²) in [6.45, 7) is 9.66. The molecule has 6 atom stereocenters. The zero-order valence-electron chi connectivity index (χ0n) is 68.3. The van der Waals surface area contributed by atoms with Gasteiger partial charge in [-0.25, -0.2) is 9.13 Å². The minimum atomic E-state index is -4.96. The van der Waals surface area contributed by atoms with E-state index in [0.29, 0.717) is 25.7 Å². The molecule has 0 heterocycles. The summed E-state index contributed by atoms with van der Waals surface area (Å²) in [6, 6.07) is 0. The number of aliphatic hydroxyl groups excluding tert-OH is 1. The predicted molar refractivity (Wildman–Crippen MR) is 428 cm³/mol. The summed E-state index contributed by atoms with van der Waals surface area (Å²) >= 11 is 0. The molecule has 0 radical (unpaired) electrons. The molecule has 618 valence electrons. The van der Waals surface area contributed by atoms with Gasteiger partial charge in [-0.15, -0.1) is 0 Å². The summed E-state index contributed by atoms with van der Waals surface area (Å²) in [5.74, 6) is -0.520. The number of rotatable bonds is 84. The summed E-state index contributed by atoms with van der Waals surface area (Å²) in [6.07, 6.45) is 68.3. The van der Waals surface area contributed by atoms with Crippen molar-refractivity contribution in [2.24, 2.45) is 11.8 Å². The molecule has 3 N–H and O–H groups in total. The lowest BCUT2D eigenvalue weighted by molar-refractivity contribution is -0.161. The molecule has 0 rings (SSSR count). The zero-order chi connectivity index (χ0) is 76.4. The number of hydrogen-bond donors (Lipinski definition) is 3. The topological polar surface area (TPSA) is 237 Å². The van der Waals surface area contributed by atoms with Gasteiger partial charge in [0, 0.05) is 25.7 Å². The standard InChI is InChI=1S/C85H166O17P2/c1-7-10-12-14-16-18-19-20-21-22-23-24-25-26-30-33-36-39-43-50-56-62-68-83(88)96-74-80(101-84(89)69-63-57-51-44-40-37-34-31-28-27-29-32-35-38-42-48-54-60-66-78(6)9-3)75-99-103(91,92)97-71-79(86)72-98-104(93,94)100-76-81(73-95-82(87)67-61-55-49-41-17-15-13-11-8-2)102-85(90)70-64-58-52-46-45-47-53-59-65-77(4)5/h77-81,86H,7-76H2,1-6H3,(H,91,92)(H,93,94)/t78?,79-,80-,81-/m1/s1. The molecule has 0 aliphatic heterocycles. The molecule has 3 unspecified atom stereocenters. The molecular weight excluding hydrogens is 1350 g/mol. The van der Waals surface area contributed by atoms with Crippen molar-refractivity contribution >= 4 is 39.5 Å². The molecule has 0 aliphatic carbocycles. The molecule has 0 aromatic rings. The minimum absolute atomic E-state index is 0.105. The second-order valence-electron chi connectivity index (χ2n) is 31.3. The number of aliphatic hydroxyl groups is 1. The lowest BCUT2D eigenvalue weighted by atomic mass is 9.99. The summed E-state index contributed by atoms with van der Waals surface area (Å²) in [5.41, 5.74) is 0. The maximum absolute atomic E-state index is 13.1. The van der Waals surface area contributed by atoms with E-state index < -0.39 is 97.5 Å². The van der Waals surface area contributed by atoms with Gasteiger partial charge < -0.3 is 33.8 Å². The van der Waals surface area contributed by atoms with Crippen molar-refractivity contribution < 1.29 is 80.2 Å². The number of hydrogen-bond acceptors (Lipinski definition) is 15. The molecular formula is C85H166O17P2. The SMILES string of the molecule is CCCCCCCCCCCCCCCCCCCCCCCCC(=O)OC[C@H](COP(=O)(O)OC[C@@H](O)COP(=O)(O)OC[C@@H](COC(=O)CCCCCCCCCCC)OC(=O)CCCCCCCCCCC(C)C)OC(=O)CCCCCCCCCCCCCCCCCCCCC(C)CC. The first-order valence-electron chi connectivity index (χ1n) is 44.0. The molecule has 0 amide bonds. The number of ether oxygens (including phenoxy) is 4. The van der Waals surface area contributed by atoms with Crippen LogP contribution in [-0.4, -0.2) is 96.7 Å². The van der Waals surface area contributed by atoms with Gasteiger partial charge in [-0.05, 0) is 37.5 Å². The molecule has 0 aromatic heterocycles. The van der Waals surface area contributed by atoms with Crippen molar-refractivity contribution in [3.8, 4) is 0 Å². The van der Waals surface area contributed by atoms with Gasteiger partial charge in [0.25, 0.3) is 0 Å². The maximum Gasteiger partial charge on any atom is 0.472 e. The third kappa shape index (κ3) is 76.8. The van der Waals surface area contributed by atoms with Gasteiger partial charge in [-0.1, -0.05) is 401 Å². The number of unbranched alkanes of at least 4 members (excludes halogenated alkanes) is 53. The first-order valence-corrected chi connectivity index (χ1v) is 47.0. The Morgan fingerprint density at radius 2 is 0.490 bits per heavy atom. The molecule has 0 spiro atoms. The maximum atomic E-state index is 13.1. The Kier molecular flexibility index (Phi) is 75.0. The van der Waals surface area contributed by atoms with Gasteiger partial charge in [-0.3, -0.25) is 37.3 Å². The number of carbonyl (C=O) groups is 4. The smallest absolute Gasteiger partial charge is 0.462 e. The fourth-order valence-corrected chi connectivity index (χ4v) is 14.8. The average molecular weight is 1520 g/mol. The van der Waals surface area contributed by atoms with Crippen LogP contribution in [0.2, 0.25) is 0 Å². The minimum Gasteiger partial charge on any atom is -0.462 e. The third-order valence-electron chi connectivity index (χ3n) is 20.3. The zero-order valence-corrected chi connectivity index (χ0v) is 70.1. The molecule has 0 aromatic carbocycles. The van der Waals surface area contributed by atoms with E-state index in [-0.39, 0.29) is 25.7 Å². The molecule has 0 bridgehead atoms. The van der Waals surface area contributed by atoms with Crippen LogP contribution in [0.15, 0.2) is 0 Å². The largest absolute Gasteiger partial charge is 0.472 e. The molecule has 0 fully saturated rings. The van der Waals surface area contributed by atoms with Gasteiger partial charge in [0.15, 0.2) is 12.2 Å². The van der Waals surface area contributed by atoms with Crippen LogP contribution in [0.5, 0.6) is 0 Å². The Bertz CT molecular complexity index is 2000. The van der Waals surface area contributed by atoms with E-state index in [1.54, 1.807) is 0 Å². The van der Waals surface area contributed by atoms with Gasteiger partial charge in [0.1, 0.15) is 19.3 Å². The van der Waals surface area contributed by atoms with Crippen LogP contribution in [0, 0.1) is 11.8 Å². The van der Waals surface area contributed by atoms with Gasteiger partial charge >= 0.3 is 39.5 Å². The highest BCUT2D eigenvalue weighted by molar-refractivity contribution is 7.47. The lowest BCUT2D eigenvalue weighted by Gasteiger charge is -2.21. The second kappa shape index (κ2) is 76.4. The molecule has 0 aliphatic rings. The average Bonchev–Trinajstić information content (AvgIpc) is 0.910. The van der Waals surface area contributed by atoms with Crippen LogP contribution < -0.4 is 0 Å². The monoisotopic (exact) mass is 1520 g/mol. The van der Waals surface area contributed by atoms with Gasteiger partial charge in [0.2, 0.25) is 0 Å². The highest BCUT2D eigenvalue weighted by atomic mass is 31.2. The van der Waals surface area contributed by atoms with Crippen molar-refractivity contribution in [1.82, 2.24) is 0 Å². The summed E-state index contributed by atoms with van der Waals surface area (Å²) < 4.78 is 68.7. The van der Waals surface area contributed by atoms with E-state index in [1.165, 1.54) is 270 Å². The highest BCUT2D eigenvalue weighted by Gasteiger charge is 2.30. The fourth-order valence-electron chi connectivity index (χ4n) is 13.2. The highest BCUT2D eigenvalue weighted by Crippen LogP contribution is 2.45. The van der Waals surface area contributed by atoms with Crippen LogP contribution in [0.25, 0.3) is 0 Å². The van der Waals surface area contributed by atoms with Crippen LogP contribution in [0.3, 0.4) is 0 Å². The van der Waals surface area contributed by atoms with E-state index in [1.807, 2.05) is 0 Å². The molecule has 0 saturated heterocycles. The van der Waals surface area contributed by atoms with Crippen LogP contribution in [-0.2, 0) is 65.4 Å². The van der Waals surface area contributed by atoms with Crippen molar-refractivity contribution in [1.29, 1.82) is 0 Å². The first kappa shape index (κ1) is 102. The van der Waals surface area contributed by atoms with Crippen molar-refractivity contribution in [3.63, 3.8) is 0 Å². The Labute approximate surface area is 638 Å². The van der Waals surface area contributed by atoms with Crippen LogP contribution in [0.1, 0.15) is 452 Å². The summed E-state index contributed by atoms with van der Waals surface area (Å²) in [5, 5.41) is 10.6.